The second-order valence-electron chi connectivity index (χ2n) is 7.10. The summed E-state index contributed by atoms with van der Waals surface area (Å²) in [6, 6.07) is 13.5. The fourth-order valence-electron chi connectivity index (χ4n) is 3.74. The van der Waals surface area contributed by atoms with Crippen molar-refractivity contribution >= 4 is 17.5 Å². The standard InChI is InChI=1S/C22H22ClN3O2/c1-15-12-26(14-24-15)20-7-6-17(11-21(20)28-2)22(27)25-9-8-18(13-25)16-4-3-5-19(23)10-16/h3-7,10-12,14,18H,8-9,13H2,1-2H3. The molecule has 0 spiro atoms. The molecule has 1 fully saturated rings. The summed E-state index contributed by atoms with van der Waals surface area (Å²) in [6.45, 7) is 3.37. The number of aromatic nitrogens is 2. The van der Waals surface area contributed by atoms with Gasteiger partial charge in [-0.1, -0.05) is 23.7 Å². The van der Waals surface area contributed by atoms with E-state index in [2.05, 4.69) is 11.1 Å². The van der Waals surface area contributed by atoms with Crippen molar-refractivity contribution in [1.29, 1.82) is 0 Å². The molecular weight excluding hydrogens is 374 g/mol. The van der Waals surface area contributed by atoms with Gasteiger partial charge in [-0.2, -0.15) is 0 Å². The molecule has 4 rings (SSSR count). The summed E-state index contributed by atoms with van der Waals surface area (Å²) >= 11 is 6.12. The summed E-state index contributed by atoms with van der Waals surface area (Å²) < 4.78 is 7.43. The number of ether oxygens (including phenoxy) is 1. The Bertz CT molecular complexity index is 1010. The molecule has 1 atom stereocenters. The van der Waals surface area contributed by atoms with Gasteiger partial charge in [0.1, 0.15) is 5.75 Å². The number of aryl methyl sites for hydroxylation is 1. The van der Waals surface area contributed by atoms with E-state index in [0.717, 1.165) is 29.4 Å². The van der Waals surface area contributed by atoms with Crippen LogP contribution in [0.2, 0.25) is 5.02 Å². The van der Waals surface area contributed by atoms with Crippen LogP contribution in [0.15, 0.2) is 55.0 Å². The molecule has 1 saturated heterocycles. The number of hydrogen-bond donors (Lipinski definition) is 0. The number of rotatable bonds is 4. The van der Waals surface area contributed by atoms with E-state index >= 15 is 0 Å². The van der Waals surface area contributed by atoms with Crippen molar-refractivity contribution in [2.24, 2.45) is 0 Å². The largest absolute Gasteiger partial charge is 0.495 e. The first-order valence-corrected chi connectivity index (χ1v) is 9.66. The molecule has 2 heterocycles. The number of methoxy groups -OCH3 is 1. The van der Waals surface area contributed by atoms with Crippen LogP contribution in [-0.4, -0.2) is 40.6 Å². The number of hydrogen-bond acceptors (Lipinski definition) is 3. The molecule has 0 bridgehead atoms. The van der Waals surface area contributed by atoms with Gasteiger partial charge in [0.05, 0.1) is 24.8 Å². The van der Waals surface area contributed by atoms with Gasteiger partial charge in [0.15, 0.2) is 0 Å². The van der Waals surface area contributed by atoms with E-state index in [-0.39, 0.29) is 5.91 Å². The highest BCUT2D eigenvalue weighted by Crippen LogP contribution is 2.31. The molecule has 1 aromatic heterocycles. The lowest BCUT2D eigenvalue weighted by atomic mass is 9.99. The van der Waals surface area contributed by atoms with Crippen LogP contribution in [-0.2, 0) is 0 Å². The zero-order valence-electron chi connectivity index (χ0n) is 15.9. The molecule has 1 aliphatic heterocycles. The summed E-state index contributed by atoms with van der Waals surface area (Å²) in [4.78, 5) is 19.2. The quantitative estimate of drug-likeness (QED) is 0.654. The lowest BCUT2D eigenvalue weighted by molar-refractivity contribution is 0.0790. The van der Waals surface area contributed by atoms with Crippen LogP contribution >= 0.6 is 11.6 Å². The fourth-order valence-corrected chi connectivity index (χ4v) is 3.94. The Morgan fingerprint density at radius 2 is 2.11 bits per heavy atom. The number of carbonyl (C=O) groups is 1. The number of likely N-dealkylation sites (tertiary alicyclic amines) is 1. The highest BCUT2D eigenvalue weighted by Gasteiger charge is 2.28. The molecular formula is C22H22ClN3O2. The molecule has 0 saturated carbocycles. The molecule has 2 aromatic carbocycles. The minimum atomic E-state index is 0.0242. The second kappa shape index (κ2) is 7.68. The van der Waals surface area contributed by atoms with Crippen molar-refractivity contribution in [3.8, 4) is 11.4 Å². The topological polar surface area (TPSA) is 47.4 Å². The van der Waals surface area contributed by atoms with Crippen LogP contribution in [0, 0.1) is 6.92 Å². The van der Waals surface area contributed by atoms with Gasteiger partial charge in [-0.25, -0.2) is 4.98 Å². The second-order valence-corrected chi connectivity index (χ2v) is 7.54. The van der Waals surface area contributed by atoms with E-state index in [0.29, 0.717) is 23.8 Å². The third kappa shape index (κ3) is 3.62. The van der Waals surface area contributed by atoms with Gasteiger partial charge in [-0.05, 0) is 49.2 Å². The molecule has 0 N–H and O–H groups in total. The van der Waals surface area contributed by atoms with Crippen LogP contribution in [0.1, 0.15) is 34.0 Å². The van der Waals surface area contributed by atoms with E-state index < -0.39 is 0 Å². The predicted molar refractivity (Wildman–Crippen MR) is 110 cm³/mol. The summed E-state index contributed by atoms with van der Waals surface area (Å²) in [5.74, 6) is 0.989. The molecule has 5 nitrogen and oxygen atoms in total. The lowest BCUT2D eigenvalue weighted by Gasteiger charge is -2.18. The molecule has 1 amide bonds. The predicted octanol–water partition coefficient (Wildman–Crippen LogP) is 4.47. The van der Waals surface area contributed by atoms with Crippen molar-refractivity contribution in [2.75, 3.05) is 20.2 Å². The Morgan fingerprint density at radius 3 is 2.82 bits per heavy atom. The minimum absolute atomic E-state index is 0.0242. The number of amides is 1. The van der Waals surface area contributed by atoms with Crippen LogP contribution in [0.5, 0.6) is 5.75 Å². The first-order valence-electron chi connectivity index (χ1n) is 9.29. The zero-order valence-corrected chi connectivity index (χ0v) is 16.7. The van der Waals surface area contributed by atoms with Crippen molar-refractivity contribution in [3.05, 3.63) is 76.8 Å². The Balaban J connectivity index is 1.53. The van der Waals surface area contributed by atoms with Crippen molar-refractivity contribution in [1.82, 2.24) is 14.5 Å². The highest BCUT2D eigenvalue weighted by molar-refractivity contribution is 6.30. The first-order chi connectivity index (χ1) is 13.5. The summed E-state index contributed by atoms with van der Waals surface area (Å²) in [7, 11) is 1.61. The fraction of sp³-hybridized carbons (Fsp3) is 0.273. The minimum Gasteiger partial charge on any atom is -0.495 e. The monoisotopic (exact) mass is 395 g/mol. The van der Waals surface area contributed by atoms with Crippen LogP contribution in [0.4, 0.5) is 0 Å². The first kappa shape index (κ1) is 18.6. The van der Waals surface area contributed by atoms with E-state index in [1.54, 1.807) is 19.5 Å². The maximum atomic E-state index is 13.0. The molecule has 28 heavy (non-hydrogen) atoms. The number of nitrogens with zero attached hydrogens (tertiary/aromatic N) is 3. The number of halogens is 1. The maximum absolute atomic E-state index is 13.0. The van der Waals surface area contributed by atoms with E-state index in [1.807, 2.05) is 52.9 Å². The van der Waals surface area contributed by atoms with Crippen LogP contribution < -0.4 is 4.74 Å². The van der Waals surface area contributed by atoms with E-state index in [1.165, 1.54) is 5.56 Å². The van der Waals surface area contributed by atoms with E-state index in [4.69, 9.17) is 16.3 Å². The van der Waals surface area contributed by atoms with Gasteiger partial charge in [0.2, 0.25) is 0 Å². The molecule has 6 heteroatoms. The van der Waals surface area contributed by atoms with Crippen molar-refractivity contribution < 1.29 is 9.53 Å². The molecule has 0 aliphatic carbocycles. The smallest absolute Gasteiger partial charge is 0.254 e. The lowest BCUT2D eigenvalue weighted by Crippen LogP contribution is -2.28. The van der Waals surface area contributed by atoms with Gasteiger partial charge < -0.3 is 14.2 Å². The van der Waals surface area contributed by atoms with Crippen molar-refractivity contribution in [3.63, 3.8) is 0 Å². The zero-order chi connectivity index (χ0) is 19.7. The Morgan fingerprint density at radius 1 is 1.25 bits per heavy atom. The number of imidazole rings is 1. The molecule has 0 radical (unpaired) electrons. The number of benzene rings is 2. The third-order valence-electron chi connectivity index (χ3n) is 5.21. The Kier molecular flexibility index (Phi) is 5.09. The number of carbonyl (C=O) groups excluding carboxylic acids is 1. The van der Waals surface area contributed by atoms with Gasteiger partial charge >= 0.3 is 0 Å². The Hall–Kier alpha value is -2.79. The Labute approximate surface area is 169 Å². The third-order valence-corrected chi connectivity index (χ3v) is 5.45. The average Bonchev–Trinajstić information content (AvgIpc) is 3.36. The SMILES string of the molecule is COc1cc(C(=O)N2CCC(c3cccc(Cl)c3)C2)ccc1-n1cnc(C)c1. The van der Waals surface area contributed by atoms with Gasteiger partial charge in [0.25, 0.3) is 5.91 Å². The summed E-state index contributed by atoms with van der Waals surface area (Å²) in [5.41, 5.74) is 3.60. The summed E-state index contributed by atoms with van der Waals surface area (Å²) in [5, 5.41) is 0.734. The average molecular weight is 396 g/mol. The van der Waals surface area contributed by atoms with Gasteiger partial charge in [-0.15, -0.1) is 0 Å². The van der Waals surface area contributed by atoms with Gasteiger partial charge in [0, 0.05) is 35.8 Å². The maximum Gasteiger partial charge on any atom is 0.254 e. The molecule has 1 aliphatic rings. The molecule has 144 valence electrons. The van der Waals surface area contributed by atoms with Gasteiger partial charge in [-0.3, -0.25) is 4.79 Å². The van der Waals surface area contributed by atoms with Crippen LogP contribution in [0.3, 0.4) is 0 Å². The molecule has 3 aromatic rings. The highest BCUT2D eigenvalue weighted by atomic mass is 35.5. The van der Waals surface area contributed by atoms with Crippen molar-refractivity contribution in [2.45, 2.75) is 19.3 Å². The normalized spacial score (nSPS) is 16.4. The van der Waals surface area contributed by atoms with Crippen LogP contribution in [0.25, 0.3) is 5.69 Å². The molecule has 1 unspecified atom stereocenters. The summed E-state index contributed by atoms with van der Waals surface area (Å²) in [6.07, 6.45) is 4.61. The van der Waals surface area contributed by atoms with E-state index in [9.17, 15) is 4.79 Å².